The summed E-state index contributed by atoms with van der Waals surface area (Å²) in [6.45, 7) is 1.92. The molecule has 0 aliphatic carbocycles. The summed E-state index contributed by atoms with van der Waals surface area (Å²) in [4.78, 5) is 12.1. The Kier molecular flexibility index (Phi) is 4.75. The molecule has 3 rings (SSSR count). The molecule has 0 spiro atoms. The van der Waals surface area contributed by atoms with Gasteiger partial charge in [-0.3, -0.25) is 4.79 Å². The molecule has 6 heteroatoms. The van der Waals surface area contributed by atoms with Gasteiger partial charge < -0.3 is 0 Å². The van der Waals surface area contributed by atoms with Crippen LogP contribution in [-0.2, 0) is 20.2 Å². The van der Waals surface area contributed by atoms with Gasteiger partial charge in [0, 0.05) is 13.1 Å². The molecule has 132 valence electrons. The van der Waals surface area contributed by atoms with E-state index < -0.39 is 21.3 Å². The Hall–Kier alpha value is -2.05. The van der Waals surface area contributed by atoms with Crippen LogP contribution < -0.4 is 0 Å². The van der Waals surface area contributed by atoms with Crippen molar-refractivity contribution in [1.29, 1.82) is 0 Å². The van der Waals surface area contributed by atoms with Crippen molar-refractivity contribution in [2.75, 3.05) is 13.1 Å². The molecule has 1 aliphatic rings. The summed E-state index contributed by atoms with van der Waals surface area (Å²) in [6.07, 6.45) is 0.778. The van der Waals surface area contributed by atoms with E-state index in [1.807, 2.05) is 30.3 Å². The van der Waals surface area contributed by atoms with Crippen LogP contribution >= 0.6 is 0 Å². The van der Waals surface area contributed by atoms with Gasteiger partial charge in [0.2, 0.25) is 10.0 Å². The predicted octanol–water partition coefficient (Wildman–Crippen LogP) is 3.14. The standard InChI is InChI=1S/C19H20FNO3S/c1-15(22)19(16-7-3-2-4-8-16)11-13-21(14-12-19)25(23,24)18-10-6-5-9-17(18)20/h2-10H,11-14H2,1H3. The summed E-state index contributed by atoms with van der Waals surface area (Å²) in [5, 5.41) is 0. The molecule has 4 nitrogen and oxygen atoms in total. The molecule has 1 heterocycles. The highest BCUT2D eigenvalue weighted by atomic mass is 32.2. The molecule has 0 amide bonds. The number of carbonyl (C=O) groups excluding carboxylic acids is 1. The lowest BCUT2D eigenvalue weighted by molar-refractivity contribution is -0.123. The van der Waals surface area contributed by atoms with Crippen molar-refractivity contribution in [2.24, 2.45) is 0 Å². The van der Waals surface area contributed by atoms with Gasteiger partial charge in [-0.25, -0.2) is 12.8 Å². The second-order valence-electron chi connectivity index (χ2n) is 6.34. The van der Waals surface area contributed by atoms with E-state index in [4.69, 9.17) is 0 Å². The number of sulfonamides is 1. The number of ketones is 1. The van der Waals surface area contributed by atoms with Crippen LogP contribution in [0.1, 0.15) is 25.3 Å². The normalized spacial score (nSPS) is 18.0. The number of halogens is 1. The average molecular weight is 361 g/mol. The van der Waals surface area contributed by atoms with Gasteiger partial charge in [-0.05, 0) is 37.5 Å². The van der Waals surface area contributed by atoms with Gasteiger partial charge >= 0.3 is 0 Å². The molecule has 0 aromatic heterocycles. The molecule has 0 atom stereocenters. The average Bonchev–Trinajstić information content (AvgIpc) is 2.62. The number of benzene rings is 2. The lowest BCUT2D eigenvalue weighted by atomic mass is 9.70. The van der Waals surface area contributed by atoms with Crippen molar-refractivity contribution in [3.8, 4) is 0 Å². The van der Waals surface area contributed by atoms with Crippen LogP contribution in [0.15, 0.2) is 59.5 Å². The minimum absolute atomic E-state index is 0.0293. The topological polar surface area (TPSA) is 54.5 Å². The highest BCUT2D eigenvalue weighted by Gasteiger charge is 2.43. The Bertz CT molecular complexity index is 873. The Morgan fingerprint density at radius 1 is 1.00 bits per heavy atom. The van der Waals surface area contributed by atoms with E-state index in [1.54, 1.807) is 6.92 Å². The molecule has 0 radical (unpaired) electrons. The highest BCUT2D eigenvalue weighted by molar-refractivity contribution is 7.89. The van der Waals surface area contributed by atoms with Crippen molar-refractivity contribution in [1.82, 2.24) is 4.31 Å². The fraction of sp³-hybridized carbons (Fsp3) is 0.316. The van der Waals surface area contributed by atoms with Gasteiger partial charge in [-0.1, -0.05) is 42.5 Å². The summed E-state index contributed by atoms with van der Waals surface area (Å²) in [7, 11) is -3.90. The highest BCUT2D eigenvalue weighted by Crippen LogP contribution is 2.38. The van der Waals surface area contributed by atoms with Crippen LogP contribution in [0.4, 0.5) is 4.39 Å². The van der Waals surface area contributed by atoms with Crippen molar-refractivity contribution in [2.45, 2.75) is 30.1 Å². The van der Waals surface area contributed by atoms with Crippen molar-refractivity contribution < 1.29 is 17.6 Å². The molecule has 0 N–H and O–H groups in total. The number of hydrogen-bond donors (Lipinski definition) is 0. The van der Waals surface area contributed by atoms with Crippen LogP contribution in [-0.4, -0.2) is 31.6 Å². The van der Waals surface area contributed by atoms with Crippen molar-refractivity contribution in [3.63, 3.8) is 0 Å². The molecule has 0 unspecified atom stereocenters. The van der Waals surface area contributed by atoms with Gasteiger partial charge in [0.25, 0.3) is 0 Å². The summed E-state index contributed by atoms with van der Waals surface area (Å²) >= 11 is 0. The summed E-state index contributed by atoms with van der Waals surface area (Å²) < 4.78 is 40.7. The third-order valence-corrected chi connectivity index (χ3v) is 6.96. The molecular weight excluding hydrogens is 341 g/mol. The smallest absolute Gasteiger partial charge is 0.245 e. The van der Waals surface area contributed by atoms with Gasteiger partial charge in [-0.2, -0.15) is 4.31 Å². The first-order valence-corrected chi connectivity index (χ1v) is 9.63. The molecule has 0 bridgehead atoms. The molecule has 1 aliphatic heterocycles. The van der Waals surface area contributed by atoms with E-state index in [9.17, 15) is 17.6 Å². The van der Waals surface area contributed by atoms with Crippen LogP contribution in [0.3, 0.4) is 0 Å². The predicted molar refractivity (Wildman–Crippen MR) is 93.2 cm³/mol. The number of carbonyl (C=O) groups is 1. The molecule has 1 saturated heterocycles. The number of Topliss-reactive ketones (excluding diaryl/α,β-unsaturated/α-hetero) is 1. The monoisotopic (exact) mass is 361 g/mol. The number of nitrogens with zero attached hydrogens (tertiary/aromatic N) is 1. The van der Waals surface area contributed by atoms with Gasteiger partial charge in [-0.15, -0.1) is 0 Å². The maximum absolute atomic E-state index is 13.9. The van der Waals surface area contributed by atoms with Gasteiger partial charge in [0.15, 0.2) is 0 Å². The largest absolute Gasteiger partial charge is 0.299 e. The Morgan fingerprint density at radius 2 is 1.56 bits per heavy atom. The van der Waals surface area contributed by atoms with E-state index >= 15 is 0 Å². The Balaban J connectivity index is 1.88. The molecule has 25 heavy (non-hydrogen) atoms. The third kappa shape index (κ3) is 3.12. The number of piperidine rings is 1. The molecule has 2 aromatic rings. The Morgan fingerprint density at radius 3 is 2.12 bits per heavy atom. The van der Waals surface area contributed by atoms with Crippen LogP contribution in [0.5, 0.6) is 0 Å². The second-order valence-corrected chi connectivity index (χ2v) is 8.25. The first-order valence-electron chi connectivity index (χ1n) is 8.19. The zero-order chi connectivity index (χ0) is 18.1. The minimum Gasteiger partial charge on any atom is -0.299 e. The summed E-state index contributed by atoms with van der Waals surface area (Å²) in [5.74, 6) is -0.726. The maximum Gasteiger partial charge on any atom is 0.245 e. The fourth-order valence-corrected chi connectivity index (χ4v) is 5.01. The van der Waals surface area contributed by atoms with E-state index in [2.05, 4.69) is 0 Å². The van der Waals surface area contributed by atoms with Crippen molar-refractivity contribution >= 4 is 15.8 Å². The zero-order valence-electron chi connectivity index (χ0n) is 14.0. The van der Waals surface area contributed by atoms with Gasteiger partial charge in [0.1, 0.15) is 16.5 Å². The van der Waals surface area contributed by atoms with E-state index in [-0.39, 0.29) is 23.8 Å². The van der Waals surface area contributed by atoms with E-state index in [1.165, 1.54) is 22.5 Å². The summed E-state index contributed by atoms with van der Waals surface area (Å²) in [6, 6.07) is 14.8. The van der Waals surface area contributed by atoms with Crippen LogP contribution in [0, 0.1) is 5.82 Å². The van der Waals surface area contributed by atoms with Crippen LogP contribution in [0.2, 0.25) is 0 Å². The molecular formula is C19H20FNO3S. The number of rotatable bonds is 4. The van der Waals surface area contributed by atoms with Gasteiger partial charge in [0.05, 0.1) is 5.41 Å². The van der Waals surface area contributed by atoms with E-state index in [0.29, 0.717) is 12.8 Å². The lowest BCUT2D eigenvalue weighted by Gasteiger charge is -2.40. The number of hydrogen-bond acceptors (Lipinski definition) is 3. The Labute approximate surface area is 147 Å². The lowest BCUT2D eigenvalue weighted by Crippen LogP contribution is -2.48. The SMILES string of the molecule is CC(=O)C1(c2ccccc2)CCN(S(=O)(=O)c2ccccc2F)CC1. The zero-order valence-corrected chi connectivity index (χ0v) is 14.8. The second kappa shape index (κ2) is 6.69. The molecule has 0 saturated carbocycles. The quantitative estimate of drug-likeness (QED) is 0.841. The fourth-order valence-electron chi connectivity index (χ4n) is 3.50. The van der Waals surface area contributed by atoms with E-state index in [0.717, 1.165) is 11.6 Å². The first kappa shape index (κ1) is 17.8. The third-order valence-electron chi connectivity index (χ3n) is 5.03. The summed E-state index contributed by atoms with van der Waals surface area (Å²) in [5.41, 5.74) is 0.230. The maximum atomic E-state index is 13.9. The van der Waals surface area contributed by atoms with Crippen LogP contribution in [0.25, 0.3) is 0 Å². The molecule has 2 aromatic carbocycles. The van der Waals surface area contributed by atoms with Crippen molar-refractivity contribution in [3.05, 3.63) is 66.0 Å². The minimum atomic E-state index is -3.90. The molecule has 1 fully saturated rings. The first-order chi connectivity index (χ1) is 11.9.